The molecule has 0 amide bonds. The number of piperidine rings is 1. The summed E-state index contributed by atoms with van der Waals surface area (Å²) in [6, 6.07) is 5.17. The maximum atomic E-state index is 4.62. The van der Waals surface area contributed by atoms with Crippen LogP contribution >= 0.6 is 0 Å². The van der Waals surface area contributed by atoms with Gasteiger partial charge in [0.25, 0.3) is 0 Å². The Morgan fingerprint density at radius 1 is 1.33 bits per heavy atom. The van der Waals surface area contributed by atoms with Crippen LogP contribution in [-0.2, 0) is 6.54 Å². The molecule has 2 fully saturated rings. The van der Waals surface area contributed by atoms with Crippen molar-refractivity contribution in [2.75, 3.05) is 18.0 Å². The maximum Gasteiger partial charge on any atom is 0.128 e. The van der Waals surface area contributed by atoms with E-state index in [4.69, 9.17) is 0 Å². The molecule has 2 aliphatic rings. The Morgan fingerprint density at radius 3 is 2.89 bits per heavy atom. The average Bonchev–Trinajstić information content (AvgIpc) is 3.21. The molecule has 0 radical (unpaired) electrons. The van der Waals surface area contributed by atoms with Crippen LogP contribution in [0.25, 0.3) is 0 Å². The zero-order valence-corrected chi connectivity index (χ0v) is 11.2. The molecule has 0 aromatic carbocycles. The van der Waals surface area contributed by atoms with Crippen LogP contribution in [0.4, 0.5) is 5.82 Å². The average molecular weight is 245 g/mol. The highest BCUT2D eigenvalue weighted by molar-refractivity contribution is 5.39. The zero-order chi connectivity index (χ0) is 12.4. The Balaban J connectivity index is 1.58. The number of rotatable bonds is 4. The normalized spacial score (nSPS) is 24.3. The standard InChI is InChI=1S/C15H23N3/c1-12-3-2-8-18(11-12)15-7-4-13(10-17-15)9-16-14-5-6-14/h4,7,10,12,14,16H,2-3,5-6,8-9,11H2,1H3. The molecule has 1 aliphatic carbocycles. The van der Waals surface area contributed by atoms with E-state index < -0.39 is 0 Å². The number of nitrogens with zero attached hydrogens (tertiary/aromatic N) is 2. The number of nitrogens with one attached hydrogen (secondary N) is 1. The molecule has 1 atom stereocenters. The summed E-state index contributed by atoms with van der Waals surface area (Å²) in [5.41, 5.74) is 1.30. The smallest absolute Gasteiger partial charge is 0.128 e. The number of hydrogen-bond acceptors (Lipinski definition) is 3. The third kappa shape index (κ3) is 3.02. The molecule has 3 heteroatoms. The lowest BCUT2D eigenvalue weighted by Gasteiger charge is -2.31. The summed E-state index contributed by atoms with van der Waals surface area (Å²) in [7, 11) is 0. The van der Waals surface area contributed by atoms with Gasteiger partial charge < -0.3 is 10.2 Å². The Labute approximate surface area is 110 Å². The highest BCUT2D eigenvalue weighted by Crippen LogP contribution is 2.22. The van der Waals surface area contributed by atoms with Gasteiger partial charge in [-0.15, -0.1) is 0 Å². The minimum Gasteiger partial charge on any atom is -0.356 e. The first-order valence-electron chi connectivity index (χ1n) is 7.24. The second-order valence-corrected chi connectivity index (χ2v) is 5.87. The van der Waals surface area contributed by atoms with Crippen LogP contribution in [0.1, 0.15) is 38.2 Å². The Hall–Kier alpha value is -1.09. The van der Waals surface area contributed by atoms with Crippen molar-refractivity contribution in [1.82, 2.24) is 10.3 Å². The third-order valence-electron chi connectivity index (χ3n) is 3.96. The van der Waals surface area contributed by atoms with Crippen LogP contribution in [0.5, 0.6) is 0 Å². The predicted octanol–water partition coefficient (Wildman–Crippen LogP) is 2.57. The van der Waals surface area contributed by atoms with Crippen LogP contribution in [0.3, 0.4) is 0 Å². The molecule has 0 bridgehead atoms. The van der Waals surface area contributed by atoms with Crippen molar-refractivity contribution in [2.24, 2.45) is 5.92 Å². The number of aromatic nitrogens is 1. The van der Waals surface area contributed by atoms with Crippen LogP contribution in [0, 0.1) is 5.92 Å². The van der Waals surface area contributed by atoms with Crippen molar-refractivity contribution in [3.63, 3.8) is 0 Å². The molecular formula is C15H23N3. The van der Waals surface area contributed by atoms with Crippen molar-refractivity contribution >= 4 is 5.82 Å². The van der Waals surface area contributed by atoms with E-state index in [0.29, 0.717) is 0 Å². The molecule has 3 nitrogen and oxygen atoms in total. The molecule has 1 aliphatic heterocycles. The van der Waals surface area contributed by atoms with Crippen molar-refractivity contribution < 1.29 is 0 Å². The SMILES string of the molecule is CC1CCCN(c2ccc(CNC3CC3)cn2)C1. The van der Waals surface area contributed by atoms with Crippen molar-refractivity contribution in [2.45, 2.75) is 45.2 Å². The van der Waals surface area contributed by atoms with Crippen LogP contribution in [-0.4, -0.2) is 24.1 Å². The van der Waals surface area contributed by atoms with Crippen LogP contribution in [0.15, 0.2) is 18.3 Å². The van der Waals surface area contributed by atoms with Gasteiger partial charge in [0.2, 0.25) is 0 Å². The monoisotopic (exact) mass is 245 g/mol. The maximum absolute atomic E-state index is 4.62. The van der Waals surface area contributed by atoms with Gasteiger partial charge in [-0.3, -0.25) is 0 Å². The van der Waals surface area contributed by atoms with E-state index in [-0.39, 0.29) is 0 Å². The third-order valence-corrected chi connectivity index (χ3v) is 3.96. The summed E-state index contributed by atoms with van der Waals surface area (Å²) in [5.74, 6) is 1.95. The fraction of sp³-hybridized carbons (Fsp3) is 0.667. The molecule has 1 aromatic rings. The first-order chi connectivity index (χ1) is 8.81. The largest absolute Gasteiger partial charge is 0.356 e. The van der Waals surface area contributed by atoms with E-state index in [1.807, 2.05) is 6.20 Å². The molecule has 98 valence electrons. The summed E-state index contributed by atoms with van der Waals surface area (Å²) in [6.45, 7) is 5.62. The fourth-order valence-corrected chi connectivity index (χ4v) is 2.66. The van der Waals surface area contributed by atoms with Crippen molar-refractivity contribution in [3.05, 3.63) is 23.9 Å². The fourth-order valence-electron chi connectivity index (χ4n) is 2.66. The van der Waals surface area contributed by atoms with Gasteiger partial charge in [-0.1, -0.05) is 13.0 Å². The lowest BCUT2D eigenvalue weighted by molar-refractivity contribution is 0.444. The quantitative estimate of drug-likeness (QED) is 0.883. The second kappa shape index (κ2) is 5.27. The first kappa shape index (κ1) is 12.0. The van der Waals surface area contributed by atoms with Gasteiger partial charge in [-0.05, 0) is 43.2 Å². The van der Waals surface area contributed by atoms with E-state index in [1.165, 1.54) is 31.2 Å². The van der Waals surface area contributed by atoms with Gasteiger partial charge in [0, 0.05) is 31.9 Å². The summed E-state index contributed by atoms with van der Waals surface area (Å²) >= 11 is 0. The Morgan fingerprint density at radius 2 is 2.22 bits per heavy atom. The van der Waals surface area contributed by atoms with Gasteiger partial charge in [-0.25, -0.2) is 4.98 Å². The topological polar surface area (TPSA) is 28.2 Å². The van der Waals surface area contributed by atoms with E-state index in [1.54, 1.807) is 0 Å². The van der Waals surface area contributed by atoms with Gasteiger partial charge in [0.05, 0.1) is 0 Å². The highest BCUT2D eigenvalue weighted by Gasteiger charge is 2.20. The molecule has 1 unspecified atom stereocenters. The van der Waals surface area contributed by atoms with Crippen LogP contribution in [0.2, 0.25) is 0 Å². The van der Waals surface area contributed by atoms with Gasteiger partial charge in [0.15, 0.2) is 0 Å². The molecule has 1 aromatic heterocycles. The molecule has 2 heterocycles. The molecule has 1 saturated carbocycles. The van der Waals surface area contributed by atoms with Gasteiger partial charge >= 0.3 is 0 Å². The molecule has 1 N–H and O–H groups in total. The van der Waals surface area contributed by atoms with Crippen LogP contribution < -0.4 is 10.2 Å². The summed E-state index contributed by atoms with van der Waals surface area (Å²) in [5, 5.41) is 3.53. The molecule has 18 heavy (non-hydrogen) atoms. The van der Waals surface area contributed by atoms with Gasteiger partial charge in [0.1, 0.15) is 5.82 Å². The van der Waals surface area contributed by atoms with E-state index in [9.17, 15) is 0 Å². The summed E-state index contributed by atoms with van der Waals surface area (Å²) in [4.78, 5) is 7.04. The van der Waals surface area contributed by atoms with Crippen molar-refractivity contribution in [3.8, 4) is 0 Å². The minimum atomic E-state index is 0.771. The molecule has 1 saturated heterocycles. The van der Waals surface area contributed by atoms with Gasteiger partial charge in [-0.2, -0.15) is 0 Å². The number of hydrogen-bond donors (Lipinski definition) is 1. The zero-order valence-electron chi connectivity index (χ0n) is 11.2. The van der Waals surface area contributed by atoms with Crippen molar-refractivity contribution in [1.29, 1.82) is 0 Å². The number of anilines is 1. The Bertz CT molecular complexity index is 383. The molecule has 3 rings (SSSR count). The second-order valence-electron chi connectivity index (χ2n) is 5.87. The lowest BCUT2D eigenvalue weighted by atomic mass is 10.0. The highest BCUT2D eigenvalue weighted by atomic mass is 15.2. The summed E-state index contributed by atoms with van der Waals surface area (Å²) < 4.78 is 0. The summed E-state index contributed by atoms with van der Waals surface area (Å²) in [6.07, 6.45) is 7.38. The predicted molar refractivity (Wildman–Crippen MR) is 74.7 cm³/mol. The Kier molecular flexibility index (Phi) is 3.50. The molecule has 0 spiro atoms. The first-order valence-corrected chi connectivity index (χ1v) is 7.24. The lowest BCUT2D eigenvalue weighted by Crippen LogP contribution is -2.34. The number of pyridine rings is 1. The minimum absolute atomic E-state index is 0.771. The van der Waals surface area contributed by atoms with E-state index in [0.717, 1.165) is 37.4 Å². The van der Waals surface area contributed by atoms with E-state index >= 15 is 0 Å². The van der Waals surface area contributed by atoms with E-state index in [2.05, 4.69) is 34.3 Å². The molecular weight excluding hydrogens is 222 g/mol.